The number of allylic oxidation sites excluding steroid dienone is 3. The van der Waals surface area contributed by atoms with Gasteiger partial charge in [0.25, 0.3) is 0 Å². The first-order valence-corrected chi connectivity index (χ1v) is 20.3. The standard InChI is InChI=1S/C56H44N2/c1-39(37-38-57-56(2,44-17-4-3-5-18-44)45-33-31-43(32-34-45)47-24-14-16-41-15-6-7-19-46(41)47)40-27-29-42(30-28-40)48-35-36-55(50-21-9-8-20-49(48)50)58-53-25-12-10-22-51(53)52-23-11-13-26-54(52)58/h3-10,12-22,24-38,57H,1,11,23H2,2H3/b38-37-. The zero-order chi connectivity index (χ0) is 39.1. The summed E-state index contributed by atoms with van der Waals surface area (Å²) in [4.78, 5) is 0. The fourth-order valence-electron chi connectivity index (χ4n) is 9.01. The summed E-state index contributed by atoms with van der Waals surface area (Å²) in [7, 11) is 0. The van der Waals surface area contributed by atoms with E-state index in [-0.39, 0.29) is 0 Å². The molecule has 10 rings (SSSR count). The molecule has 1 atom stereocenters. The Labute approximate surface area is 340 Å². The molecule has 0 saturated heterocycles. The van der Waals surface area contributed by atoms with Crippen molar-refractivity contribution in [3.05, 3.63) is 235 Å². The first kappa shape index (κ1) is 35.3. The van der Waals surface area contributed by atoms with Crippen molar-refractivity contribution >= 4 is 44.1 Å². The first-order chi connectivity index (χ1) is 28.6. The van der Waals surface area contributed by atoms with Crippen LogP contribution in [0.3, 0.4) is 0 Å². The van der Waals surface area contributed by atoms with Gasteiger partial charge in [-0.2, -0.15) is 0 Å². The molecule has 9 aromatic rings. The highest BCUT2D eigenvalue weighted by Gasteiger charge is 2.27. The van der Waals surface area contributed by atoms with Crippen molar-refractivity contribution in [1.29, 1.82) is 0 Å². The second-order valence-corrected chi connectivity index (χ2v) is 15.5. The van der Waals surface area contributed by atoms with Crippen molar-refractivity contribution in [2.75, 3.05) is 0 Å². The summed E-state index contributed by atoms with van der Waals surface area (Å²) in [6.07, 6.45) is 10.9. The maximum absolute atomic E-state index is 4.48. The molecule has 0 radical (unpaired) electrons. The number of aromatic nitrogens is 1. The van der Waals surface area contributed by atoms with Gasteiger partial charge in [0.2, 0.25) is 0 Å². The van der Waals surface area contributed by atoms with Crippen LogP contribution >= 0.6 is 0 Å². The Morgan fingerprint density at radius 1 is 0.586 bits per heavy atom. The summed E-state index contributed by atoms with van der Waals surface area (Å²) in [5.41, 5.74) is 14.0. The summed E-state index contributed by atoms with van der Waals surface area (Å²) in [5.74, 6) is 0. The predicted molar refractivity (Wildman–Crippen MR) is 247 cm³/mol. The van der Waals surface area contributed by atoms with Crippen LogP contribution in [0, 0.1) is 0 Å². The Morgan fingerprint density at radius 3 is 2.00 bits per heavy atom. The lowest BCUT2D eigenvalue weighted by Gasteiger charge is -2.32. The van der Waals surface area contributed by atoms with Crippen molar-refractivity contribution < 1.29 is 0 Å². The predicted octanol–water partition coefficient (Wildman–Crippen LogP) is 14.3. The highest BCUT2D eigenvalue weighted by Crippen LogP contribution is 2.39. The molecular weight excluding hydrogens is 701 g/mol. The molecule has 2 nitrogen and oxygen atoms in total. The van der Waals surface area contributed by atoms with Crippen molar-refractivity contribution in [3.8, 4) is 27.9 Å². The van der Waals surface area contributed by atoms with Crippen molar-refractivity contribution in [1.82, 2.24) is 9.88 Å². The van der Waals surface area contributed by atoms with Crippen LogP contribution in [-0.2, 0) is 12.0 Å². The van der Waals surface area contributed by atoms with Gasteiger partial charge in [0, 0.05) is 16.5 Å². The molecule has 0 fully saturated rings. The molecule has 0 bridgehead atoms. The van der Waals surface area contributed by atoms with Crippen LogP contribution < -0.4 is 5.32 Å². The lowest BCUT2D eigenvalue weighted by molar-refractivity contribution is 0.508. The first-order valence-electron chi connectivity index (χ1n) is 20.3. The van der Waals surface area contributed by atoms with E-state index in [2.05, 4.69) is 224 Å². The van der Waals surface area contributed by atoms with Crippen LogP contribution in [0.2, 0.25) is 0 Å². The maximum atomic E-state index is 4.48. The van der Waals surface area contributed by atoms with Gasteiger partial charge in [-0.1, -0.05) is 183 Å². The molecule has 0 spiro atoms. The van der Waals surface area contributed by atoms with Crippen LogP contribution in [0.1, 0.15) is 41.3 Å². The number of aryl methyl sites for hydroxylation is 1. The number of nitrogens with one attached hydrogen (secondary N) is 1. The molecule has 8 aromatic carbocycles. The lowest BCUT2D eigenvalue weighted by atomic mass is 9.83. The molecule has 1 aliphatic carbocycles. The van der Waals surface area contributed by atoms with Crippen LogP contribution in [0.4, 0.5) is 0 Å². The molecule has 58 heavy (non-hydrogen) atoms. The van der Waals surface area contributed by atoms with Gasteiger partial charge in [0.1, 0.15) is 0 Å². The second-order valence-electron chi connectivity index (χ2n) is 15.5. The third-order valence-electron chi connectivity index (χ3n) is 12.1. The van der Waals surface area contributed by atoms with Crippen LogP contribution in [0.15, 0.2) is 207 Å². The second kappa shape index (κ2) is 14.7. The fourth-order valence-corrected chi connectivity index (χ4v) is 9.01. The van der Waals surface area contributed by atoms with Crippen LogP contribution in [0.25, 0.3) is 72.0 Å². The molecule has 0 amide bonds. The molecule has 0 aliphatic heterocycles. The molecule has 278 valence electrons. The number of hydrogen-bond acceptors (Lipinski definition) is 1. The molecule has 1 N–H and O–H groups in total. The van der Waals surface area contributed by atoms with E-state index < -0.39 is 5.54 Å². The highest BCUT2D eigenvalue weighted by atomic mass is 15.0. The zero-order valence-corrected chi connectivity index (χ0v) is 32.7. The van der Waals surface area contributed by atoms with E-state index in [1.54, 1.807) is 0 Å². The fraction of sp³-hybridized carbons (Fsp3) is 0.0714. The summed E-state index contributed by atoms with van der Waals surface area (Å²) >= 11 is 0. The van der Waals surface area contributed by atoms with E-state index in [1.807, 2.05) is 6.20 Å². The molecule has 2 heteroatoms. The van der Waals surface area contributed by atoms with E-state index in [0.29, 0.717) is 0 Å². The van der Waals surface area contributed by atoms with E-state index in [1.165, 1.54) is 82.8 Å². The lowest BCUT2D eigenvalue weighted by Crippen LogP contribution is -2.37. The smallest absolute Gasteiger partial charge is 0.0846 e. The van der Waals surface area contributed by atoms with E-state index in [4.69, 9.17) is 0 Å². The number of hydrogen-bond donors (Lipinski definition) is 1. The Kier molecular flexibility index (Phi) is 8.96. The topological polar surface area (TPSA) is 17.0 Å². The largest absolute Gasteiger partial charge is 0.378 e. The Balaban J connectivity index is 0.919. The van der Waals surface area contributed by atoms with Crippen LogP contribution in [-0.4, -0.2) is 4.57 Å². The Hall–Kier alpha value is -7.16. The third-order valence-corrected chi connectivity index (χ3v) is 12.1. The average molecular weight is 745 g/mol. The average Bonchev–Trinajstić information content (AvgIpc) is 3.63. The number of fused-ring (bicyclic) bond motifs is 5. The molecule has 1 aliphatic rings. The van der Waals surface area contributed by atoms with Gasteiger partial charge in [0.15, 0.2) is 0 Å². The van der Waals surface area contributed by atoms with Gasteiger partial charge in [-0.25, -0.2) is 0 Å². The van der Waals surface area contributed by atoms with Gasteiger partial charge < -0.3 is 9.88 Å². The minimum atomic E-state index is -0.463. The molecular formula is C56H44N2. The molecule has 0 saturated carbocycles. The number of rotatable bonds is 9. The summed E-state index contributed by atoms with van der Waals surface area (Å²) in [6, 6.07) is 65.8. The van der Waals surface area contributed by atoms with Gasteiger partial charge >= 0.3 is 0 Å². The molecule has 1 unspecified atom stereocenters. The monoisotopic (exact) mass is 744 g/mol. The maximum Gasteiger partial charge on any atom is 0.0846 e. The van der Waals surface area contributed by atoms with Gasteiger partial charge in [0.05, 0.1) is 16.7 Å². The van der Waals surface area contributed by atoms with Gasteiger partial charge in [-0.3, -0.25) is 0 Å². The normalized spacial score (nSPS) is 13.5. The number of nitrogens with zero attached hydrogens (tertiary/aromatic N) is 1. The Morgan fingerprint density at radius 2 is 1.21 bits per heavy atom. The summed E-state index contributed by atoms with van der Waals surface area (Å²) in [5, 5.41) is 10.1. The summed E-state index contributed by atoms with van der Waals surface area (Å²) < 4.78 is 2.46. The van der Waals surface area contributed by atoms with Crippen LogP contribution in [0.5, 0.6) is 0 Å². The minimum Gasteiger partial charge on any atom is -0.378 e. The zero-order valence-electron chi connectivity index (χ0n) is 32.7. The molecule has 1 heterocycles. The quantitative estimate of drug-likeness (QED) is 0.146. The summed E-state index contributed by atoms with van der Waals surface area (Å²) in [6.45, 7) is 6.72. The van der Waals surface area contributed by atoms with Crippen molar-refractivity contribution in [2.24, 2.45) is 0 Å². The Bertz CT molecular complexity index is 3030. The molecule has 1 aromatic heterocycles. The van der Waals surface area contributed by atoms with Crippen molar-refractivity contribution in [2.45, 2.75) is 25.3 Å². The minimum absolute atomic E-state index is 0.463. The van der Waals surface area contributed by atoms with Crippen molar-refractivity contribution in [3.63, 3.8) is 0 Å². The van der Waals surface area contributed by atoms with E-state index in [0.717, 1.165) is 24.0 Å². The SMILES string of the molecule is C=C(/C=C\NC(C)(c1ccccc1)c1ccc(-c2cccc3ccccc23)cc1)c1ccc(-c2ccc(-n3c4c(c5ccccc53)CCC=C4)c3ccccc23)cc1. The van der Waals surface area contributed by atoms with E-state index in [9.17, 15) is 0 Å². The number of para-hydroxylation sites is 1. The van der Waals surface area contributed by atoms with Gasteiger partial charge in [-0.15, -0.1) is 0 Å². The van der Waals surface area contributed by atoms with Gasteiger partial charge in [-0.05, 0) is 116 Å². The number of benzene rings is 8. The highest BCUT2D eigenvalue weighted by molar-refractivity contribution is 6.03. The van der Waals surface area contributed by atoms with E-state index >= 15 is 0 Å². The third kappa shape index (κ3) is 6.15.